The van der Waals surface area contributed by atoms with E-state index in [0.29, 0.717) is 11.7 Å². The maximum Gasteiger partial charge on any atom is 0.241 e. The number of hydrogen-bond donors (Lipinski definition) is 2. The summed E-state index contributed by atoms with van der Waals surface area (Å²) in [5.74, 6) is 0.0409. The Morgan fingerprint density at radius 1 is 1.38 bits per heavy atom. The number of amides is 1. The van der Waals surface area contributed by atoms with Crippen LogP contribution >= 0.6 is 0 Å². The summed E-state index contributed by atoms with van der Waals surface area (Å²) in [6.45, 7) is 7.07. The van der Waals surface area contributed by atoms with E-state index in [2.05, 4.69) is 29.1 Å². The monoisotopic (exact) mass is 290 g/mol. The normalized spacial score (nSPS) is 22.0. The predicted octanol–water partition coefficient (Wildman–Crippen LogP) is 1.62. The lowest BCUT2D eigenvalue weighted by Crippen LogP contribution is -2.56. The van der Waals surface area contributed by atoms with Gasteiger partial charge in [0, 0.05) is 37.1 Å². The van der Waals surface area contributed by atoms with Crippen molar-refractivity contribution in [1.29, 1.82) is 0 Å². The van der Waals surface area contributed by atoms with E-state index in [-0.39, 0.29) is 11.9 Å². The molecule has 0 bridgehead atoms. The van der Waals surface area contributed by atoms with E-state index in [1.165, 1.54) is 0 Å². The molecular weight excluding hydrogens is 264 g/mol. The first-order valence-corrected chi connectivity index (χ1v) is 7.62. The third-order valence-electron chi connectivity index (χ3n) is 4.39. The van der Waals surface area contributed by atoms with Gasteiger partial charge in [0.05, 0.1) is 6.04 Å². The van der Waals surface area contributed by atoms with E-state index in [1.54, 1.807) is 12.1 Å². The van der Waals surface area contributed by atoms with Crippen LogP contribution in [0.4, 0.5) is 11.4 Å². The second-order valence-corrected chi connectivity index (χ2v) is 5.82. The van der Waals surface area contributed by atoms with E-state index in [0.717, 1.165) is 31.7 Å². The molecule has 1 saturated heterocycles. The molecule has 1 aromatic rings. The van der Waals surface area contributed by atoms with Crippen molar-refractivity contribution < 1.29 is 4.79 Å². The number of hydrogen-bond acceptors (Lipinski definition) is 4. The molecule has 5 heteroatoms. The van der Waals surface area contributed by atoms with E-state index < -0.39 is 0 Å². The molecule has 2 unspecified atom stereocenters. The Kier molecular flexibility index (Phi) is 5.20. The first-order chi connectivity index (χ1) is 10.0. The van der Waals surface area contributed by atoms with Gasteiger partial charge in [-0.1, -0.05) is 6.92 Å². The van der Waals surface area contributed by atoms with Crippen molar-refractivity contribution in [3.05, 3.63) is 24.3 Å². The van der Waals surface area contributed by atoms with E-state index in [4.69, 9.17) is 5.73 Å². The Morgan fingerprint density at radius 3 is 2.67 bits per heavy atom. The number of benzene rings is 1. The van der Waals surface area contributed by atoms with Crippen LogP contribution in [0.5, 0.6) is 0 Å². The molecule has 1 aromatic carbocycles. The molecule has 1 amide bonds. The Labute approximate surface area is 127 Å². The van der Waals surface area contributed by atoms with Crippen LogP contribution < -0.4 is 11.1 Å². The topological polar surface area (TPSA) is 61.6 Å². The van der Waals surface area contributed by atoms with Gasteiger partial charge in [0.1, 0.15) is 0 Å². The molecule has 0 aliphatic carbocycles. The van der Waals surface area contributed by atoms with Gasteiger partial charge in [-0.25, -0.2) is 0 Å². The van der Waals surface area contributed by atoms with Crippen molar-refractivity contribution >= 4 is 17.3 Å². The van der Waals surface area contributed by atoms with Crippen LogP contribution in [0.1, 0.15) is 20.3 Å². The number of piperazine rings is 1. The van der Waals surface area contributed by atoms with Crippen molar-refractivity contribution in [2.45, 2.75) is 32.4 Å². The molecule has 1 fully saturated rings. The number of carbonyl (C=O) groups is 1. The highest BCUT2D eigenvalue weighted by atomic mass is 16.2. The number of nitrogens with two attached hydrogens (primary N) is 1. The van der Waals surface area contributed by atoms with Gasteiger partial charge in [-0.15, -0.1) is 0 Å². The highest BCUT2D eigenvalue weighted by Crippen LogP contribution is 2.15. The zero-order valence-corrected chi connectivity index (χ0v) is 13.2. The highest BCUT2D eigenvalue weighted by molar-refractivity contribution is 5.94. The van der Waals surface area contributed by atoms with Crippen LogP contribution in [0.15, 0.2) is 24.3 Å². The average molecular weight is 290 g/mol. The van der Waals surface area contributed by atoms with Gasteiger partial charge in [0.25, 0.3) is 0 Å². The van der Waals surface area contributed by atoms with Gasteiger partial charge in [0.2, 0.25) is 5.91 Å². The smallest absolute Gasteiger partial charge is 0.241 e. The van der Waals surface area contributed by atoms with Gasteiger partial charge in [0.15, 0.2) is 0 Å². The van der Waals surface area contributed by atoms with E-state index >= 15 is 0 Å². The van der Waals surface area contributed by atoms with Crippen LogP contribution in [0.3, 0.4) is 0 Å². The first-order valence-electron chi connectivity index (χ1n) is 7.62. The zero-order valence-electron chi connectivity index (χ0n) is 13.2. The molecule has 2 rings (SSSR count). The van der Waals surface area contributed by atoms with Crippen LogP contribution in [-0.2, 0) is 4.79 Å². The molecule has 1 aliphatic rings. The summed E-state index contributed by atoms with van der Waals surface area (Å²) in [7, 11) is 2.16. The largest absolute Gasteiger partial charge is 0.399 e. The van der Waals surface area contributed by atoms with Crippen molar-refractivity contribution in [1.82, 2.24) is 9.80 Å². The summed E-state index contributed by atoms with van der Waals surface area (Å²) >= 11 is 0. The summed E-state index contributed by atoms with van der Waals surface area (Å²) in [5, 5.41) is 2.96. The Morgan fingerprint density at radius 2 is 2.05 bits per heavy atom. The standard InChI is InChI=1S/C16H26N4O/c1-4-15-11-20(10-9-19(15)3)12(2)16(21)18-14-7-5-13(17)6-8-14/h5-8,12,15H,4,9-11,17H2,1-3H3,(H,18,21). The van der Waals surface area contributed by atoms with E-state index in [9.17, 15) is 4.79 Å². The first kappa shape index (κ1) is 15.8. The minimum atomic E-state index is -0.120. The van der Waals surface area contributed by atoms with Gasteiger partial charge in [-0.3, -0.25) is 9.69 Å². The van der Waals surface area contributed by atoms with Gasteiger partial charge < -0.3 is 16.0 Å². The maximum atomic E-state index is 12.4. The summed E-state index contributed by atoms with van der Waals surface area (Å²) < 4.78 is 0. The fourth-order valence-corrected chi connectivity index (χ4v) is 2.74. The Balaban J connectivity index is 1.94. The van der Waals surface area contributed by atoms with Crippen molar-refractivity contribution in [3.8, 4) is 0 Å². The quantitative estimate of drug-likeness (QED) is 0.827. The SMILES string of the molecule is CCC1CN(C(C)C(=O)Nc2ccc(N)cc2)CCN1C. The van der Waals surface area contributed by atoms with E-state index in [1.807, 2.05) is 19.1 Å². The summed E-state index contributed by atoms with van der Waals surface area (Å²) in [6.07, 6.45) is 1.11. The fraction of sp³-hybridized carbons (Fsp3) is 0.562. The van der Waals surface area contributed by atoms with Crippen LogP contribution in [0.2, 0.25) is 0 Å². The van der Waals surface area contributed by atoms with Gasteiger partial charge in [-0.05, 0) is 44.7 Å². The van der Waals surface area contributed by atoms with Crippen LogP contribution in [0.25, 0.3) is 0 Å². The third-order valence-corrected chi connectivity index (χ3v) is 4.39. The predicted molar refractivity (Wildman–Crippen MR) is 87.2 cm³/mol. The molecule has 0 aromatic heterocycles. The van der Waals surface area contributed by atoms with Crippen LogP contribution in [0, 0.1) is 0 Å². The van der Waals surface area contributed by atoms with Crippen molar-refractivity contribution in [2.24, 2.45) is 0 Å². The molecule has 3 N–H and O–H groups in total. The molecule has 1 aliphatic heterocycles. The molecule has 0 saturated carbocycles. The number of nitrogens with zero attached hydrogens (tertiary/aromatic N) is 2. The molecule has 116 valence electrons. The maximum absolute atomic E-state index is 12.4. The summed E-state index contributed by atoms with van der Waals surface area (Å²) in [6, 6.07) is 7.67. The van der Waals surface area contributed by atoms with Crippen molar-refractivity contribution in [2.75, 3.05) is 37.7 Å². The number of anilines is 2. The van der Waals surface area contributed by atoms with Crippen molar-refractivity contribution in [3.63, 3.8) is 0 Å². The molecule has 1 heterocycles. The minimum Gasteiger partial charge on any atom is -0.399 e. The molecule has 21 heavy (non-hydrogen) atoms. The molecule has 0 radical (unpaired) electrons. The lowest BCUT2D eigenvalue weighted by atomic mass is 10.1. The number of carbonyl (C=O) groups excluding carboxylic acids is 1. The number of rotatable bonds is 4. The lowest BCUT2D eigenvalue weighted by molar-refractivity contribution is -0.121. The molecule has 2 atom stereocenters. The summed E-state index contributed by atoms with van der Waals surface area (Å²) in [4.78, 5) is 17.0. The molecular formula is C16H26N4O. The average Bonchev–Trinajstić information content (AvgIpc) is 2.49. The molecule has 5 nitrogen and oxygen atoms in total. The van der Waals surface area contributed by atoms with Gasteiger partial charge >= 0.3 is 0 Å². The summed E-state index contributed by atoms with van der Waals surface area (Å²) in [5.41, 5.74) is 7.15. The lowest BCUT2D eigenvalue weighted by Gasteiger charge is -2.41. The number of likely N-dealkylation sites (N-methyl/N-ethyl adjacent to an activating group) is 1. The second kappa shape index (κ2) is 6.91. The zero-order chi connectivity index (χ0) is 15.4. The Hall–Kier alpha value is -1.59. The second-order valence-electron chi connectivity index (χ2n) is 5.82. The Bertz CT molecular complexity index is 474. The number of nitrogens with one attached hydrogen (secondary N) is 1. The minimum absolute atomic E-state index is 0.0409. The fourth-order valence-electron chi connectivity index (χ4n) is 2.74. The number of nitrogen functional groups attached to an aromatic ring is 1. The third kappa shape index (κ3) is 3.95. The molecule has 0 spiro atoms. The highest BCUT2D eigenvalue weighted by Gasteiger charge is 2.29. The van der Waals surface area contributed by atoms with Crippen LogP contribution in [-0.4, -0.2) is 54.5 Å². The van der Waals surface area contributed by atoms with Gasteiger partial charge in [-0.2, -0.15) is 0 Å².